The zero-order chi connectivity index (χ0) is 31.6. The third-order valence-electron chi connectivity index (χ3n) is 8.35. The van der Waals surface area contributed by atoms with Crippen molar-refractivity contribution in [2.24, 2.45) is 0 Å². The number of β-lactam (4-membered cyclic amide) rings is 1. The first-order valence-corrected chi connectivity index (χ1v) is 15.4. The molecule has 8 heteroatoms. The van der Waals surface area contributed by atoms with Crippen LogP contribution in [0.5, 0.6) is 17.2 Å². The molecule has 3 amide bonds. The summed E-state index contributed by atoms with van der Waals surface area (Å²) in [5.41, 5.74) is 2.76. The van der Waals surface area contributed by atoms with E-state index in [1.807, 2.05) is 110 Å². The number of ether oxygens (including phenoxy) is 3. The van der Waals surface area contributed by atoms with Crippen LogP contribution in [-0.4, -0.2) is 48.5 Å². The van der Waals surface area contributed by atoms with E-state index in [9.17, 15) is 14.4 Å². The Balaban J connectivity index is 1.02. The molecule has 0 N–H and O–H groups in total. The first kappa shape index (κ1) is 29.1. The van der Waals surface area contributed by atoms with E-state index >= 15 is 0 Å². The summed E-state index contributed by atoms with van der Waals surface area (Å²) in [6.45, 7) is 3.06. The van der Waals surface area contributed by atoms with Gasteiger partial charge in [0, 0.05) is 28.7 Å². The second kappa shape index (κ2) is 12.4. The van der Waals surface area contributed by atoms with Gasteiger partial charge in [0.25, 0.3) is 17.7 Å². The molecule has 2 aliphatic rings. The highest BCUT2D eigenvalue weighted by Gasteiger charge is 2.51. The van der Waals surface area contributed by atoms with Gasteiger partial charge in [0.2, 0.25) is 6.10 Å². The molecule has 7 rings (SSSR count). The van der Waals surface area contributed by atoms with Crippen molar-refractivity contribution in [1.82, 2.24) is 4.90 Å². The first-order chi connectivity index (χ1) is 22.5. The Morgan fingerprint density at radius 3 is 1.93 bits per heavy atom. The van der Waals surface area contributed by atoms with Crippen molar-refractivity contribution in [3.05, 3.63) is 132 Å². The number of carbonyl (C=O) groups is 3. The first-order valence-electron chi connectivity index (χ1n) is 15.4. The molecule has 5 aromatic rings. The lowest BCUT2D eigenvalue weighted by molar-refractivity contribution is -0.135. The molecule has 2 aliphatic heterocycles. The van der Waals surface area contributed by atoms with Gasteiger partial charge in [0.1, 0.15) is 23.3 Å². The van der Waals surface area contributed by atoms with E-state index in [1.165, 1.54) is 4.90 Å². The van der Waals surface area contributed by atoms with Gasteiger partial charge in [-0.15, -0.1) is 0 Å². The van der Waals surface area contributed by atoms with Crippen LogP contribution in [0.25, 0.3) is 10.8 Å². The van der Waals surface area contributed by atoms with Gasteiger partial charge in [-0.1, -0.05) is 54.6 Å². The molecule has 2 atom stereocenters. The smallest absolute Gasteiger partial charge is 0.271 e. The molecule has 2 heterocycles. The fourth-order valence-electron chi connectivity index (χ4n) is 6.16. The van der Waals surface area contributed by atoms with E-state index in [1.54, 1.807) is 17.0 Å². The van der Waals surface area contributed by atoms with Crippen LogP contribution in [0.2, 0.25) is 0 Å². The van der Waals surface area contributed by atoms with Crippen LogP contribution >= 0.6 is 0 Å². The maximum Gasteiger partial charge on any atom is 0.271 e. The molecule has 8 nitrogen and oxygen atoms in total. The summed E-state index contributed by atoms with van der Waals surface area (Å²) in [4.78, 5) is 42.8. The lowest BCUT2D eigenvalue weighted by Gasteiger charge is -2.46. The maximum absolute atomic E-state index is 13.4. The van der Waals surface area contributed by atoms with Crippen molar-refractivity contribution in [1.29, 1.82) is 0 Å². The molecule has 230 valence electrons. The minimum atomic E-state index is -0.684. The number of para-hydroxylation sites is 1. The monoisotopic (exact) mass is 612 g/mol. The zero-order valence-electron chi connectivity index (χ0n) is 25.3. The van der Waals surface area contributed by atoms with Crippen LogP contribution in [0, 0.1) is 0 Å². The lowest BCUT2D eigenvalue weighted by atomic mass is 9.89. The summed E-state index contributed by atoms with van der Waals surface area (Å²) in [6, 6.07) is 35.1. The molecule has 0 bridgehead atoms. The second-order valence-electron chi connectivity index (χ2n) is 11.2. The lowest BCUT2D eigenvalue weighted by Crippen LogP contribution is -2.61. The molecule has 1 fully saturated rings. The predicted octanol–water partition coefficient (Wildman–Crippen LogP) is 6.84. The van der Waals surface area contributed by atoms with Gasteiger partial charge in [-0.05, 0) is 85.0 Å². The quantitative estimate of drug-likeness (QED) is 0.0923. The highest BCUT2D eigenvalue weighted by atomic mass is 16.5. The SMILES string of the molecule is CCOc1ccc(N2C(=O)C(Oc3ccccc3)C2c2ccc(OCCCN3C(=O)c4cccc5cccc(c45)C3=O)cc2)cc1. The molecule has 2 unspecified atom stereocenters. The number of hydrogen-bond acceptors (Lipinski definition) is 6. The van der Waals surface area contributed by atoms with Crippen LogP contribution in [-0.2, 0) is 4.79 Å². The van der Waals surface area contributed by atoms with Gasteiger partial charge >= 0.3 is 0 Å². The Kier molecular flexibility index (Phi) is 7.84. The van der Waals surface area contributed by atoms with Gasteiger partial charge in [-0.25, -0.2) is 0 Å². The van der Waals surface area contributed by atoms with E-state index in [0.717, 1.165) is 27.8 Å². The largest absolute Gasteiger partial charge is 0.494 e. The average Bonchev–Trinajstić information content (AvgIpc) is 3.09. The number of anilines is 1. The summed E-state index contributed by atoms with van der Waals surface area (Å²) >= 11 is 0. The average molecular weight is 613 g/mol. The third kappa shape index (κ3) is 5.32. The fraction of sp³-hybridized carbons (Fsp3) is 0.184. The normalized spacial score (nSPS) is 17.2. The molecular formula is C38H32N2O6. The zero-order valence-corrected chi connectivity index (χ0v) is 25.3. The number of imide groups is 1. The molecule has 0 spiro atoms. The molecule has 0 saturated carbocycles. The van der Waals surface area contributed by atoms with Crippen LogP contribution < -0.4 is 19.1 Å². The number of amides is 3. The van der Waals surface area contributed by atoms with E-state index in [2.05, 4.69) is 0 Å². The highest BCUT2D eigenvalue weighted by molar-refractivity contribution is 6.25. The molecule has 0 radical (unpaired) electrons. The van der Waals surface area contributed by atoms with E-state index in [0.29, 0.717) is 42.3 Å². The van der Waals surface area contributed by atoms with Crippen LogP contribution in [0.3, 0.4) is 0 Å². The Hall–Kier alpha value is -5.63. The molecule has 1 saturated heterocycles. The van der Waals surface area contributed by atoms with Crippen molar-refractivity contribution >= 4 is 34.2 Å². The van der Waals surface area contributed by atoms with E-state index in [4.69, 9.17) is 14.2 Å². The van der Waals surface area contributed by atoms with Gasteiger partial charge < -0.3 is 14.2 Å². The van der Waals surface area contributed by atoms with Gasteiger partial charge in [-0.3, -0.25) is 24.2 Å². The minimum Gasteiger partial charge on any atom is -0.494 e. The summed E-state index contributed by atoms with van der Waals surface area (Å²) in [7, 11) is 0. The number of carbonyl (C=O) groups excluding carboxylic acids is 3. The standard InChI is InChI=1S/C38H32N2O6/c1-2-44-28-21-17-27(18-22-28)40-34(35(38(40)43)46-30-11-4-3-5-12-30)26-15-19-29(20-16-26)45-24-8-23-39-36(41)31-13-6-9-25-10-7-14-32(33(25)31)37(39)42/h3-7,9-22,34-35H,2,8,23-24H2,1H3. The molecule has 0 aliphatic carbocycles. The Bertz CT molecular complexity index is 1860. The van der Waals surface area contributed by atoms with Crippen molar-refractivity contribution in [3.8, 4) is 17.2 Å². The summed E-state index contributed by atoms with van der Waals surface area (Å²) < 4.78 is 17.7. The van der Waals surface area contributed by atoms with Crippen molar-refractivity contribution in [2.75, 3.05) is 24.7 Å². The highest BCUT2D eigenvalue weighted by Crippen LogP contribution is 2.42. The Morgan fingerprint density at radius 2 is 1.28 bits per heavy atom. The maximum atomic E-state index is 13.4. The Morgan fingerprint density at radius 1 is 0.652 bits per heavy atom. The topological polar surface area (TPSA) is 85.4 Å². The van der Waals surface area contributed by atoms with E-state index in [-0.39, 0.29) is 30.3 Å². The van der Waals surface area contributed by atoms with Crippen LogP contribution in [0.15, 0.2) is 115 Å². The van der Waals surface area contributed by atoms with Crippen LogP contribution in [0.1, 0.15) is 45.7 Å². The van der Waals surface area contributed by atoms with E-state index < -0.39 is 6.10 Å². The molecule has 0 aromatic heterocycles. The van der Waals surface area contributed by atoms with Crippen LogP contribution in [0.4, 0.5) is 5.69 Å². The molecule has 46 heavy (non-hydrogen) atoms. The second-order valence-corrected chi connectivity index (χ2v) is 11.2. The fourth-order valence-corrected chi connectivity index (χ4v) is 6.16. The number of nitrogens with zero attached hydrogens (tertiary/aromatic N) is 2. The predicted molar refractivity (Wildman–Crippen MR) is 175 cm³/mol. The summed E-state index contributed by atoms with van der Waals surface area (Å²) in [5, 5.41) is 1.60. The molecule has 5 aromatic carbocycles. The Labute approximate surface area is 266 Å². The van der Waals surface area contributed by atoms with Gasteiger partial charge in [-0.2, -0.15) is 0 Å². The van der Waals surface area contributed by atoms with Crippen molar-refractivity contribution in [3.63, 3.8) is 0 Å². The number of hydrogen-bond donors (Lipinski definition) is 0. The molecular weight excluding hydrogens is 580 g/mol. The third-order valence-corrected chi connectivity index (χ3v) is 8.35. The summed E-state index contributed by atoms with van der Waals surface area (Å²) in [6.07, 6.45) is -0.205. The van der Waals surface area contributed by atoms with Crippen molar-refractivity contribution in [2.45, 2.75) is 25.5 Å². The number of rotatable bonds is 11. The van der Waals surface area contributed by atoms with Gasteiger partial charge in [0.15, 0.2) is 0 Å². The number of benzene rings is 5. The van der Waals surface area contributed by atoms with Crippen molar-refractivity contribution < 1.29 is 28.6 Å². The minimum absolute atomic E-state index is 0.126. The summed E-state index contributed by atoms with van der Waals surface area (Å²) in [5.74, 6) is 1.33. The van der Waals surface area contributed by atoms with Gasteiger partial charge in [0.05, 0.1) is 13.2 Å².